The molecule has 0 radical (unpaired) electrons. The molecular weight excluding hydrogens is 1140 g/mol. The molecule has 21 aromatic rings. The zero-order valence-electron chi connectivity index (χ0n) is 50.9. The number of hydrogen-bond donors (Lipinski definition) is 0. The molecule has 0 bridgehead atoms. The third-order valence-electron chi connectivity index (χ3n) is 20.2. The molecular formula is C88H54N6. The van der Waals surface area contributed by atoms with Crippen LogP contribution < -0.4 is 0 Å². The molecule has 0 aliphatic heterocycles. The highest BCUT2D eigenvalue weighted by Crippen LogP contribution is 2.54. The van der Waals surface area contributed by atoms with Crippen molar-refractivity contribution < 1.29 is 0 Å². The number of aromatic nitrogens is 6. The van der Waals surface area contributed by atoms with Crippen molar-refractivity contribution in [2.75, 3.05) is 0 Å². The maximum atomic E-state index is 2.63. The van der Waals surface area contributed by atoms with E-state index in [9.17, 15) is 0 Å². The first-order valence-electron chi connectivity index (χ1n) is 32.4. The Morgan fingerprint density at radius 1 is 0.160 bits per heavy atom. The molecule has 0 fully saturated rings. The second-order valence-electron chi connectivity index (χ2n) is 25.1. The van der Waals surface area contributed by atoms with Gasteiger partial charge >= 0.3 is 0 Å². The number of para-hydroxylation sites is 10. The van der Waals surface area contributed by atoms with Gasteiger partial charge in [-0.2, -0.15) is 0 Å². The lowest BCUT2D eigenvalue weighted by Gasteiger charge is -2.19. The number of rotatable bonds is 7. The van der Waals surface area contributed by atoms with Crippen LogP contribution in [0, 0.1) is 0 Å². The number of nitrogens with zero attached hydrogens (tertiary/aromatic N) is 6. The molecule has 0 spiro atoms. The van der Waals surface area contributed by atoms with Crippen LogP contribution in [-0.2, 0) is 0 Å². The molecule has 0 unspecified atom stereocenters. The van der Waals surface area contributed by atoms with Gasteiger partial charge in [-0.3, -0.25) is 0 Å². The molecule has 6 heterocycles. The minimum Gasteiger partial charge on any atom is -0.309 e. The Hall–Kier alpha value is -12.6. The van der Waals surface area contributed by atoms with E-state index in [1.807, 2.05) is 0 Å². The fourth-order valence-corrected chi connectivity index (χ4v) is 16.7. The van der Waals surface area contributed by atoms with Gasteiger partial charge in [0, 0.05) is 98.8 Å². The van der Waals surface area contributed by atoms with E-state index in [0.29, 0.717) is 0 Å². The van der Waals surface area contributed by atoms with Crippen molar-refractivity contribution in [3.8, 4) is 45.3 Å². The van der Waals surface area contributed by atoms with Gasteiger partial charge in [-0.05, 0) is 125 Å². The molecule has 0 aliphatic rings. The highest BCUT2D eigenvalue weighted by molar-refractivity contribution is 6.42. The van der Waals surface area contributed by atoms with Crippen molar-refractivity contribution >= 4 is 142 Å². The Morgan fingerprint density at radius 3 is 0.755 bits per heavy atom. The maximum Gasteiger partial charge on any atom is 0.0810 e. The molecule has 0 atom stereocenters. The predicted molar refractivity (Wildman–Crippen MR) is 395 cm³/mol. The second kappa shape index (κ2) is 19.4. The molecule has 15 aromatic carbocycles. The second-order valence-corrected chi connectivity index (χ2v) is 25.1. The average molecular weight is 1200 g/mol. The van der Waals surface area contributed by atoms with E-state index in [-0.39, 0.29) is 0 Å². The summed E-state index contributed by atoms with van der Waals surface area (Å²) in [7, 11) is 0. The van der Waals surface area contributed by atoms with E-state index in [1.165, 1.54) is 86.4 Å². The van der Waals surface area contributed by atoms with E-state index in [1.54, 1.807) is 0 Å². The smallest absolute Gasteiger partial charge is 0.0810 e. The van der Waals surface area contributed by atoms with E-state index in [0.717, 1.165) is 100 Å². The highest BCUT2D eigenvalue weighted by atomic mass is 15.1. The topological polar surface area (TPSA) is 29.6 Å². The third-order valence-corrected chi connectivity index (χ3v) is 20.2. The first-order valence-corrected chi connectivity index (χ1v) is 32.4. The van der Waals surface area contributed by atoms with Gasteiger partial charge < -0.3 is 27.4 Å². The molecule has 0 amide bonds. The molecule has 94 heavy (non-hydrogen) atoms. The van der Waals surface area contributed by atoms with Crippen LogP contribution in [0.3, 0.4) is 0 Å². The minimum atomic E-state index is 1.05. The van der Waals surface area contributed by atoms with Crippen molar-refractivity contribution in [3.05, 3.63) is 328 Å². The van der Waals surface area contributed by atoms with Crippen LogP contribution >= 0.6 is 0 Å². The van der Waals surface area contributed by atoms with Gasteiger partial charge in [-0.15, -0.1) is 0 Å². The summed E-state index contributed by atoms with van der Waals surface area (Å²) in [5.74, 6) is 0. The summed E-state index contributed by atoms with van der Waals surface area (Å²) in [6.07, 6.45) is 0. The van der Waals surface area contributed by atoms with Crippen LogP contribution in [0.1, 0.15) is 0 Å². The highest BCUT2D eigenvalue weighted by Gasteiger charge is 2.32. The first kappa shape index (κ1) is 51.1. The normalized spacial score (nSPS) is 12.3. The zero-order chi connectivity index (χ0) is 61.3. The maximum absolute atomic E-state index is 2.63. The molecule has 0 saturated carbocycles. The molecule has 6 heteroatoms. The zero-order valence-corrected chi connectivity index (χ0v) is 50.9. The van der Waals surface area contributed by atoms with Crippen molar-refractivity contribution in [1.29, 1.82) is 0 Å². The van der Waals surface area contributed by atoms with Crippen LogP contribution in [0.2, 0.25) is 0 Å². The van der Waals surface area contributed by atoms with Gasteiger partial charge in [-0.25, -0.2) is 0 Å². The molecule has 436 valence electrons. The Labute approximate surface area is 538 Å². The van der Waals surface area contributed by atoms with Crippen molar-refractivity contribution in [2.45, 2.75) is 0 Å². The van der Waals surface area contributed by atoms with Gasteiger partial charge in [0.25, 0.3) is 0 Å². The number of fused-ring (bicyclic) bond motifs is 25. The summed E-state index contributed by atoms with van der Waals surface area (Å²) in [5, 5.41) is 16.9. The van der Waals surface area contributed by atoms with E-state index in [2.05, 4.69) is 355 Å². The lowest BCUT2D eigenvalue weighted by molar-refractivity contribution is 1.12. The Balaban J connectivity index is 1.02. The van der Waals surface area contributed by atoms with Gasteiger partial charge in [0.05, 0.1) is 66.2 Å². The molecule has 6 aromatic heterocycles. The monoisotopic (exact) mass is 1190 g/mol. The van der Waals surface area contributed by atoms with E-state index < -0.39 is 0 Å². The quantitative estimate of drug-likeness (QED) is 0.152. The summed E-state index contributed by atoms with van der Waals surface area (Å²) >= 11 is 0. The van der Waals surface area contributed by atoms with Crippen molar-refractivity contribution in [1.82, 2.24) is 27.4 Å². The van der Waals surface area contributed by atoms with Gasteiger partial charge in [0.15, 0.2) is 0 Å². The predicted octanol–water partition coefficient (Wildman–Crippen LogP) is 23.1. The van der Waals surface area contributed by atoms with Crippen LogP contribution in [0.5, 0.6) is 0 Å². The molecule has 0 N–H and O–H groups in total. The van der Waals surface area contributed by atoms with Crippen molar-refractivity contribution in [3.63, 3.8) is 0 Å². The van der Waals surface area contributed by atoms with Gasteiger partial charge in [-0.1, -0.05) is 224 Å². The Bertz CT molecular complexity index is 6380. The average Bonchev–Trinajstić information content (AvgIpc) is 1.51. The lowest BCUT2D eigenvalue weighted by atomic mass is 9.97. The van der Waals surface area contributed by atoms with Crippen LogP contribution in [-0.4, -0.2) is 27.4 Å². The molecule has 0 saturated heterocycles. The fourth-order valence-electron chi connectivity index (χ4n) is 16.7. The standard InChI is InChI=1S/C88H54N6/c1-5-30-57(31-6-1)89-71-46-21-15-39-65(71)77-79-67-41-17-23-48-73(67)91(59-34-9-3-10-35-59)85(79)87-81(83(77)89)69-43-19-25-50-75(69)93(87)61-52-56(64-45-27-29-55-28-13-14-38-63(55)64)53-62(54-61)94-76-51-26-20-44-70(76)82-84-78(66-40-16-22-47-72(66)90(84)58-32-7-2-8-33-58)80-68-42-18-24-49-74(68)92(86(80)88(82)94)60-36-11-4-12-37-60/h1-54H. The van der Waals surface area contributed by atoms with E-state index in [4.69, 9.17) is 0 Å². The SMILES string of the molecule is c1ccc(-n2c3ccccc3c3c4c5ccccc5n(-c5ccccc5)c4c4c(c5ccccc5n4-c4cc(-c5cccc6ccccc56)cc(-n5c6ccccc6c6c7c(c8ccccc8n7-c7ccccc7)c7c8ccccc8n(-c8ccccc8)c7c65)c4)c32)cc1. The van der Waals surface area contributed by atoms with Crippen LogP contribution in [0.25, 0.3) is 187 Å². The minimum absolute atomic E-state index is 1.05. The first-order chi connectivity index (χ1) is 46.7. The third kappa shape index (κ3) is 6.87. The Morgan fingerprint density at radius 2 is 0.404 bits per heavy atom. The Kier molecular flexibility index (Phi) is 10.6. The lowest BCUT2D eigenvalue weighted by Crippen LogP contribution is -2.03. The summed E-state index contributed by atoms with van der Waals surface area (Å²) in [6.45, 7) is 0. The molecule has 21 rings (SSSR count). The largest absolute Gasteiger partial charge is 0.309 e. The fraction of sp³-hybridized carbons (Fsp3) is 0. The summed E-state index contributed by atoms with van der Waals surface area (Å²) in [6, 6.07) is 122. The van der Waals surface area contributed by atoms with E-state index >= 15 is 0 Å². The molecule has 0 aliphatic carbocycles. The molecule has 6 nitrogen and oxygen atoms in total. The van der Waals surface area contributed by atoms with Crippen molar-refractivity contribution in [2.24, 2.45) is 0 Å². The van der Waals surface area contributed by atoms with Gasteiger partial charge in [0.1, 0.15) is 0 Å². The number of benzene rings is 15. The summed E-state index contributed by atoms with van der Waals surface area (Å²) in [5.41, 5.74) is 22.6. The summed E-state index contributed by atoms with van der Waals surface area (Å²) < 4.78 is 15.4. The van der Waals surface area contributed by atoms with Gasteiger partial charge in [0.2, 0.25) is 0 Å². The van der Waals surface area contributed by atoms with Crippen LogP contribution in [0.4, 0.5) is 0 Å². The number of hydrogen-bond acceptors (Lipinski definition) is 0. The van der Waals surface area contributed by atoms with Crippen LogP contribution in [0.15, 0.2) is 328 Å². The summed E-state index contributed by atoms with van der Waals surface area (Å²) in [4.78, 5) is 0.